The number of para-hydroxylation sites is 1. The van der Waals surface area contributed by atoms with Crippen molar-refractivity contribution in [2.24, 2.45) is 0 Å². The highest BCUT2D eigenvalue weighted by molar-refractivity contribution is 6.05. The molecular formula is C24H24N2O4. The van der Waals surface area contributed by atoms with Gasteiger partial charge in [0.25, 0.3) is 11.8 Å². The molecule has 0 aliphatic rings. The van der Waals surface area contributed by atoms with E-state index >= 15 is 0 Å². The van der Waals surface area contributed by atoms with E-state index in [9.17, 15) is 9.59 Å². The highest BCUT2D eigenvalue weighted by Crippen LogP contribution is 2.17. The molecule has 30 heavy (non-hydrogen) atoms. The Hall–Kier alpha value is -3.80. The first-order valence-corrected chi connectivity index (χ1v) is 9.52. The molecule has 2 N–H and O–H groups in total. The largest absolute Gasteiger partial charge is 0.496 e. The summed E-state index contributed by atoms with van der Waals surface area (Å²) in [4.78, 5) is 25.6. The van der Waals surface area contributed by atoms with Crippen molar-refractivity contribution < 1.29 is 18.7 Å². The molecule has 0 radical (unpaired) electrons. The molecule has 0 fully saturated rings. The molecule has 2 amide bonds. The molecule has 3 aromatic rings. The normalized spacial score (nSPS) is 11.1. The molecule has 0 bridgehead atoms. The molecule has 0 spiro atoms. The molecule has 6 heteroatoms. The summed E-state index contributed by atoms with van der Waals surface area (Å²) in [7, 11) is 1.58. The Morgan fingerprint density at radius 2 is 1.83 bits per heavy atom. The maximum atomic E-state index is 12.9. The minimum absolute atomic E-state index is 0.0862. The van der Waals surface area contributed by atoms with E-state index in [1.807, 2.05) is 44.2 Å². The number of rotatable bonds is 7. The summed E-state index contributed by atoms with van der Waals surface area (Å²) in [6, 6.07) is 16.2. The molecule has 0 atom stereocenters. The summed E-state index contributed by atoms with van der Waals surface area (Å²) < 4.78 is 10.6. The molecule has 154 valence electrons. The van der Waals surface area contributed by atoms with Gasteiger partial charge in [0.1, 0.15) is 17.2 Å². The zero-order valence-corrected chi connectivity index (χ0v) is 17.2. The lowest BCUT2D eigenvalue weighted by Crippen LogP contribution is -2.34. The van der Waals surface area contributed by atoms with Gasteiger partial charge in [-0.25, -0.2) is 0 Å². The molecule has 2 aromatic carbocycles. The molecular weight excluding hydrogens is 380 g/mol. The van der Waals surface area contributed by atoms with Crippen molar-refractivity contribution >= 4 is 17.9 Å². The topological polar surface area (TPSA) is 80.6 Å². The van der Waals surface area contributed by atoms with Crippen LogP contribution in [0.5, 0.6) is 5.75 Å². The van der Waals surface area contributed by atoms with Gasteiger partial charge in [0.05, 0.1) is 13.4 Å². The molecule has 0 aliphatic carbocycles. The lowest BCUT2D eigenvalue weighted by atomic mass is 10.1. The summed E-state index contributed by atoms with van der Waals surface area (Å²) >= 11 is 0. The second kappa shape index (κ2) is 9.60. The zero-order valence-electron chi connectivity index (χ0n) is 17.2. The predicted molar refractivity (Wildman–Crippen MR) is 115 cm³/mol. The Morgan fingerprint density at radius 3 is 2.53 bits per heavy atom. The first-order chi connectivity index (χ1) is 14.5. The van der Waals surface area contributed by atoms with Gasteiger partial charge in [-0.1, -0.05) is 24.3 Å². The van der Waals surface area contributed by atoms with Crippen LogP contribution in [-0.2, 0) is 11.3 Å². The van der Waals surface area contributed by atoms with Gasteiger partial charge in [0.15, 0.2) is 0 Å². The average Bonchev–Trinajstić information content (AvgIpc) is 3.26. The predicted octanol–water partition coefficient (Wildman–Crippen LogP) is 3.99. The van der Waals surface area contributed by atoms with Crippen LogP contribution in [-0.4, -0.2) is 18.9 Å². The number of nitrogens with one attached hydrogen (secondary N) is 2. The first-order valence-electron chi connectivity index (χ1n) is 9.52. The van der Waals surface area contributed by atoms with Crippen LogP contribution in [0.25, 0.3) is 6.08 Å². The number of ether oxygens (including phenoxy) is 1. The molecule has 0 saturated heterocycles. The number of hydrogen-bond acceptors (Lipinski definition) is 4. The number of benzene rings is 2. The molecule has 0 saturated carbocycles. The van der Waals surface area contributed by atoms with Gasteiger partial charge in [-0.15, -0.1) is 0 Å². The minimum Gasteiger partial charge on any atom is -0.496 e. The van der Waals surface area contributed by atoms with E-state index in [0.29, 0.717) is 17.1 Å². The lowest BCUT2D eigenvalue weighted by Gasteiger charge is -2.13. The Kier molecular flexibility index (Phi) is 6.70. The maximum Gasteiger partial charge on any atom is 0.268 e. The number of furan rings is 1. The third kappa shape index (κ3) is 5.17. The number of aryl methyl sites for hydroxylation is 2. The summed E-state index contributed by atoms with van der Waals surface area (Å²) in [5, 5.41) is 5.52. The highest BCUT2D eigenvalue weighted by atomic mass is 16.5. The summed E-state index contributed by atoms with van der Waals surface area (Å²) in [5.74, 6) is 0.323. The van der Waals surface area contributed by atoms with Crippen molar-refractivity contribution in [2.75, 3.05) is 7.11 Å². The molecule has 0 unspecified atom stereocenters. The van der Waals surface area contributed by atoms with Crippen LogP contribution in [0.2, 0.25) is 0 Å². The standard InChI is InChI=1S/C24H24N2O4/c1-16-10-11-18(13-17(16)2)23(27)26-21(14-20-8-6-12-30-20)24(28)25-15-19-7-4-5-9-22(19)29-3/h4-14H,15H2,1-3H3,(H,25,28)(H,26,27). The Labute approximate surface area is 175 Å². The lowest BCUT2D eigenvalue weighted by molar-refractivity contribution is -0.117. The van der Waals surface area contributed by atoms with E-state index < -0.39 is 5.91 Å². The van der Waals surface area contributed by atoms with Gasteiger partial charge in [-0.05, 0) is 55.3 Å². The van der Waals surface area contributed by atoms with Crippen LogP contribution in [0.1, 0.15) is 32.8 Å². The van der Waals surface area contributed by atoms with E-state index in [-0.39, 0.29) is 18.1 Å². The van der Waals surface area contributed by atoms with E-state index in [1.54, 1.807) is 31.4 Å². The number of carbonyl (C=O) groups excluding carboxylic acids is 2. The fraction of sp³-hybridized carbons (Fsp3) is 0.167. The van der Waals surface area contributed by atoms with Gasteiger partial charge in [-0.3, -0.25) is 9.59 Å². The van der Waals surface area contributed by atoms with Gasteiger partial charge >= 0.3 is 0 Å². The van der Waals surface area contributed by atoms with Crippen LogP contribution < -0.4 is 15.4 Å². The van der Waals surface area contributed by atoms with E-state index in [0.717, 1.165) is 16.7 Å². The van der Waals surface area contributed by atoms with Crippen LogP contribution >= 0.6 is 0 Å². The maximum absolute atomic E-state index is 12.9. The monoisotopic (exact) mass is 404 g/mol. The molecule has 1 heterocycles. The third-order valence-electron chi connectivity index (χ3n) is 4.72. The second-order valence-electron chi connectivity index (χ2n) is 6.82. The van der Waals surface area contributed by atoms with Gasteiger partial charge in [0, 0.05) is 23.7 Å². The van der Waals surface area contributed by atoms with E-state index in [1.165, 1.54) is 12.3 Å². The average molecular weight is 404 g/mol. The SMILES string of the molecule is COc1ccccc1CNC(=O)C(=Cc1ccco1)NC(=O)c1ccc(C)c(C)c1. The summed E-state index contributed by atoms with van der Waals surface area (Å²) in [6.07, 6.45) is 3.00. The number of methoxy groups -OCH3 is 1. The van der Waals surface area contributed by atoms with Crippen molar-refractivity contribution in [3.63, 3.8) is 0 Å². The quantitative estimate of drug-likeness (QED) is 0.584. The molecule has 1 aromatic heterocycles. The van der Waals surface area contributed by atoms with Crippen molar-refractivity contribution in [2.45, 2.75) is 20.4 Å². The fourth-order valence-electron chi connectivity index (χ4n) is 2.87. The zero-order chi connectivity index (χ0) is 21.5. The highest BCUT2D eigenvalue weighted by Gasteiger charge is 2.16. The van der Waals surface area contributed by atoms with Crippen LogP contribution in [0.15, 0.2) is 71.0 Å². The van der Waals surface area contributed by atoms with Crippen LogP contribution in [0, 0.1) is 13.8 Å². The third-order valence-corrected chi connectivity index (χ3v) is 4.72. The van der Waals surface area contributed by atoms with Crippen molar-refractivity contribution in [3.05, 3.63) is 94.6 Å². The number of amides is 2. The van der Waals surface area contributed by atoms with Crippen molar-refractivity contribution in [1.29, 1.82) is 0 Å². The minimum atomic E-state index is -0.436. The summed E-state index contributed by atoms with van der Waals surface area (Å²) in [6.45, 7) is 4.16. The van der Waals surface area contributed by atoms with E-state index in [4.69, 9.17) is 9.15 Å². The number of hydrogen-bond donors (Lipinski definition) is 2. The smallest absolute Gasteiger partial charge is 0.268 e. The molecule has 3 rings (SSSR count). The van der Waals surface area contributed by atoms with Crippen LogP contribution in [0.3, 0.4) is 0 Å². The van der Waals surface area contributed by atoms with Crippen molar-refractivity contribution in [1.82, 2.24) is 10.6 Å². The Balaban J connectivity index is 1.79. The van der Waals surface area contributed by atoms with Crippen LogP contribution in [0.4, 0.5) is 0 Å². The van der Waals surface area contributed by atoms with E-state index in [2.05, 4.69) is 10.6 Å². The molecule has 6 nitrogen and oxygen atoms in total. The number of carbonyl (C=O) groups is 2. The summed E-state index contributed by atoms with van der Waals surface area (Å²) in [5.41, 5.74) is 3.47. The Morgan fingerprint density at radius 1 is 1.03 bits per heavy atom. The van der Waals surface area contributed by atoms with Gasteiger partial charge in [-0.2, -0.15) is 0 Å². The van der Waals surface area contributed by atoms with Crippen molar-refractivity contribution in [3.8, 4) is 5.75 Å². The fourth-order valence-corrected chi connectivity index (χ4v) is 2.87. The molecule has 0 aliphatic heterocycles. The second-order valence-corrected chi connectivity index (χ2v) is 6.82. The Bertz CT molecular complexity index is 1070. The van der Waals surface area contributed by atoms with Gasteiger partial charge < -0.3 is 19.8 Å². The van der Waals surface area contributed by atoms with Gasteiger partial charge in [0.2, 0.25) is 0 Å². The first kappa shape index (κ1) is 20.9.